The zero-order chi connectivity index (χ0) is 49.6. The van der Waals surface area contributed by atoms with Gasteiger partial charge in [-0.15, -0.1) is 0 Å². The zero-order valence-corrected chi connectivity index (χ0v) is 41.9. The highest BCUT2D eigenvalue weighted by atomic mass is 32.3. The summed E-state index contributed by atoms with van der Waals surface area (Å²) in [6, 6.07) is 0. The Hall–Kier alpha value is -3.76. The Balaban J connectivity index is 2.41. The maximum absolute atomic E-state index is 12.8. The summed E-state index contributed by atoms with van der Waals surface area (Å²) in [5.74, 6) is -0.536. The number of aliphatic hydroxyl groups is 3. The highest BCUT2D eigenvalue weighted by Gasteiger charge is 2.48. The smallest absolute Gasteiger partial charge is 0.397 e. The summed E-state index contributed by atoms with van der Waals surface area (Å²) in [5, 5.41) is 30.7. The van der Waals surface area contributed by atoms with Crippen molar-refractivity contribution in [1.82, 2.24) is 0 Å². The Labute approximate surface area is 410 Å². The van der Waals surface area contributed by atoms with E-state index in [9.17, 15) is 33.1 Å². The van der Waals surface area contributed by atoms with Gasteiger partial charge in [-0.3, -0.25) is 9.35 Å². The molecule has 13 heteroatoms. The molecule has 0 aromatic carbocycles. The molecule has 68 heavy (non-hydrogen) atoms. The molecule has 0 aliphatic carbocycles. The van der Waals surface area contributed by atoms with E-state index in [1.807, 2.05) is 12.2 Å². The molecule has 0 bridgehead atoms. The van der Waals surface area contributed by atoms with Gasteiger partial charge in [0, 0.05) is 6.61 Å². The first-order chi connectivity index (χ1) is 33.1. The van der Waals surface area contributed by atoms with Gasteiger partial charge in [0.1, 0.15) is 30.5 Å². The minimum absolute atomic E-state index is 0.00296. The van der Waals surface area contributed by atoms with Gasteiger partial charge in [-0.25, -0.2) is 4.18 Å². The number of carbonyl (C=O) groups excluding carboxylic acids is 1. The first-order valence-electron chi connectivity index (χ1n) is 24.9. The molecule has 0 aromatic rings. The average molecular weight is 971 g/mol. The third-order valence-corrected chi connectivity index (χ3v) is 10.8. The van der Waals surface area contributed by atoms with E-state index in [0.29, 0.717) is 13.0 Å². The molecule has 1 aliphatic heterocycles. The van der Waals surface area contributed by atoms with Crippen LogP contribution in [0.3, 0.4) is 0 Å². The molecular weight excluding hydrogens is 885 g/mol. The van der Waals surface area contributed by atoms with Gasteiger partial charge in [-0.05, 0) is 89.9 Å². The molecule has 0 spiro atoms. The third-order valence-electron chi connectivity index (χ3n) is 10.3. The van der Waals surface area contributed by atoms with Crippen LogP contribution in [-0.4, -0.2) is 97.5 Å². The molecule has 4 N–H and O–H groups in total. The molecule has 6 unspecified atom stereocenters. The van der Waals surface area contributed by atoms with Crippen molar-refractivity contribution in [2.24, 2.45) is 0 Å². The van der Waals surface area contributed by atoms with Crippen molar-refractivity contribution in [1.29, 1.82) is 0 Å². The van der Waals surface area contributed by atoms with E-state index in [1.54, 1.807) is 6.08 Å². The second-order valence-corrected chi connectivity index (χ2v) is 17.4. The summed E-state index contributed by atoms with van der Waals surface area (Å²) in [5.41, 5.74) is 0. The number of ether oxygens (including phenoxy) is 4. The summed E-state index contributed by atoms with van der Waals surface area (Å²) in [6.07, 6.45) is 56.6. The van der Waals surface area contributed by atoms with Crippen LogP contribution in [0.2, 0.25) is 0 Å². The Kier molecular flexibility index (Phi) is 40.7. The molecule has 0 amide bonds. The van der Waals surface area contributed by atoms with Crippen LogP contribution in [0.1, 0.15) is 142 Å². The van der Waals surface area contributed by atoms with Gasteiger partial charge in [0.15, 0.2) is 6.29 Å². The molecule has 6 atom stereocenters. The molecular formula is C55H86O12S. The van der Waals surface area contributed by atoms with Crippen LogP contribution in [-0.2, 0) is 38.3 Å². The molecule has 0 radical (unpaired) electrons. The molecule has 1 rings (SSSR count). The summed E-state index contributed by atoms with van der Waals surface area (Å²) in [6.45, 7) is 3.58. The van der Waals surface area contributed by atoms with E-state index in [4.69, 9.17) is 18.9 Å². The number of hydrogen-bond acceptors (Lipinski definition) is 11. The lowest BCUT2D eigenvalue weighted by Gasteiger charge is -2.41. The Morgan fingerprint density at radius 1 is 0.559 bits per heavy atom. The van der Waals surface area contributed by atoms with E-state index in [2.05, 4.69) is 133 Å². The van der Waals surface area contributed by atoms with E-state index in [0.717, 1.165) is 96.3 Å². The minimum Gasteiger partial charge on any atom is -0.457 e. The van der Waals surface area contributed by atoms with Crippen LogP contribution in [0.25, 0.3) is 0 Å². The number of hydrogen-bond donors (Lipinski definition) is 4. The number of esters is 1. The molecule has 0 aromatic heterocycles. The number of unbranched alkanes of at least 4 members (excludes halogenated alkanes) is 7. The standard InChI is InChI=1S/C55H86O12S/c1-3-5-7-9-11-13-15-17-19-20-21-22-23-24-25-26-27-28-29-31-33-35-37-39-41-43-45-63-47-49(48-64-55-53(59)54(67-68(60,61)62)52(58)50(46-56)66-55)65-51(57)44-42-40-38-36-34-32-30-18-16-14-12-10-8-6-4-2/h5-8,11-14,17-19,21-22,24-25,27-28,30,34,36,40,42,49-50,52-56,58-59H,3-4,9-10,15-16,20,23,26,29,31-33,35,37-39,41,43-48H2,1-2H3,(H,60,61,62)/b7-5-,8-6-,13-11-,14-12-,19-17-,22-21-,25-24-,28-27-,30-18-,36-34-,42-40-. The Morgan fingerprint density at radius 3 is 1.41 bits per heavy atom. The van der Waals surface area contributed by atoms with Crippen molar-refractivity contribution in [3.8, 4) is 0 Å². The molecule has 1 saturated heterocycles. The van der Waals surface area contributed by atoms with E-state index >= 15 is 0 Å². The van der Waals surface area contributed by atoms with Crippen LogP contribution in [0.15, 0.2) is 134 Å². The minimum atomic E-state index is -5.09. The van der Waals surface area contributed by atoms with E-state index in [-0.39, 0.29) is 19.6 Å². The van der Waals surface area contributed by atoms with Crippen LogP contribution in [0, 0.1) is 0 Å². The zero-order valence-electron chi connectivity index (χ0n) is 41.1. The second-order valence-electron chi connectivity index (χ2n) is 16.3. The van der Waals surface area contributed by atoms with E-state index in [1.165, 1.54) is 19.3 Å². The SMILES string of the molecule is CC/C=C\C/C=C\C/C=C\C/C=C\C/C=C\C/C=C\CCCCCCCCCOCC(COC1OC(CO)C(O)C(OS(=O)(=O)O)C1O)OC(=O)C/C=C\C/C=C\C/C=C\C/C=C\C/C=C\CC. The van der Waals surface area contributed by atoms with Crippen LogP contribution in [0.4, 0.5) is 0 Å². The number of carbonyl (C=O) groups is 1. The maximum atomic E-state index is 12.8. The van der Waals surface area contributed by atoms with Crippen molar-refractivity contribution in [3.05, 3.63) is 134 Å². The van der Waals surface area contributed by atoms with Crippen molar-refractivity contribution in [2.75, 3.05) is 26.4 Å². The van der Waals surface area contributed by atoms with Gasteiger partial charge in [0.2, 0.25) is 0 Å². The maximum Gasteiger partial charge on any atom is 0.397 e. The molecule has 1 heterocycles. The topological polar surface area (TPSA) is 178 Å². The molecule has 1 aliphatic rings. The third kappa shape index (κ3) is 37.2. The lowest BCUT2D eigenvalue weighted by atomic mass is 9.99. The lowest BCUT2D eigenvalue weighted by molar-refractivity contribution is -0.301. The van der Waals surface area contributed by atoms with Crippen LogP contribution < -0.4 is 0 Å². The molecule has 1 fully saturated rings. The van der Waals surface area contributed by atoms with Gasteiger partial charge in [0.05, 0.1) is 26.2 Å². The lowest BCUT2D eigenvalue weighted by Crippen LogP contribution is -2.60. The number of rotatable bonds is 41. The van der Waals surface area contributed by atoms with Crippen molar-refractivity contribution < 1.29 is 56.2 Å². The van der Waals surface area contributed by atoms with Gasteiger partial charge in [-0.2, -0.15) is 8.42 Å². The largest absolute Gasteiger partial charge is 0.457 e. The highest BCUT2D eigenvalue weighted by molar-refractivity contribution is 7.80. The van der Waals surface area contributed by atoms with Gasteiger partial charge in [0.25, 0.3) is 0 Å². The first kappa shape index (κ1) is 62.3. The monoisotopic (exact) mass is 971 g/mol. The fourth-order valence-corrected chi connectivity index (χ4v) is 7.14. The van der Waals surface area contributed by atoms with Crippen molar-refractivity contribution in [3.63, 3.8) is 0 Å². The summed E-state index contributed by atoms with van der Waals surface area (Å²) >= 11 is 0. The molecule has 0 saturated carbocycles. The first-order valence-corrected chi connectivity index (χ1v) is 26.3. The Bertz CT molecular complexity index is 1690. The van der Waals surface area contributed by atoms with Crippen LogP contribution in [0.5, 0.6) is 0 Å². The summed E-state index contributed by atoms with van der Waals surface area (Å²) < 4.78 is 59.0. The van der Waals surface area contributed by atoms with Gasteiger partial charge < -0.3 is 34.3 Å². The highest BCUT2D eigenvalue weighted by Crippen LogP contribution is 2.26. The predicted octanol–water partition coefficient (Wildman–Crippen LogP) is 11.5. The van der Waals surface area contributed by atoms with Gasteiger partial charge in [-0.1, -0.05) is 180 Å². The number of allylic oxidation sites excluding steroid dienone is 21. The fraction of sp³-hybridized carbons (Fsp3) is 0.582. The van der Waals surface area contributed by atoms with Crippen molar-refractivity contribution >= 4 is 16.4 Å². The predicted molar refractivity (Wildman–Crippen MR) is 275 cm³/mol. The average Bonchev–Trinajstić information content (AvgIpc) is 3.31. The Morgan fingerprint density at radius 2 is 0.971 bits per heavy atom. The van der Waals surface area contributed by atoms with Gasteiger partial charge >= 0.3 is 16.4 Å². The fourth-order valence-electron chi connectivity index (χ4n) is 6.63. The summed E-state index contributed by atoms with van der Waals surface area (Å²) in [7, 11) is -5.09. The molecule has 384 valence electrons. The summed E-state index contributed by atoms with van der Waals surface area (Å²) in [4.78, 5) is 12.8. The van der Waals surface area contributed by atoms with Crippen molar-refractivity contribution in [2.45, 2.75) is 179 Å². The normalized spacial score (nSPS) is 20.5. The second kappa shape index (κ2) is 44.4. The quantitative estimate of drug-likeness (QED) is 0.0198. The van der Waals surface area contributed by atoms with Crippen LogP contribution >= 0.6 is 0 Å². The number of aliphatic hydroxyl groups excluding tert-OH is 3. The molecule has 12 nitrogen and oxygen atoms in total. The van der Waals surface area contributed by atoms with E-state index < -0.39 is 59.8 Å².